The van der Waals surface area contributed by atoms with Gasteiger partial charge < -0.3 is 9.16 Å². The van der Waals surface area contributed by atoms with Crippen molar-refractivity contribution in [3.05, 3.63) is 28.1 Å². The molecule has 0 atom stereocenters. The lowest BCUT2D eigenvalue weighted by atomic mass is 9.95. The molecule has 1 heterocycles. The van der Waals surface area contributed by atoms with Gasteiger partial charge in [0.15, 0.2) is 14.1 Å². The Hall–Kier alpha value is -0.693. The predicted molar refractivity (Wildman–Crippen MR) is 117 cm³/mol. The van der Waals surface area contributed by atoms with E-state index in [9.17, 15) is 0 Å². The minimum atomic E-state index is -1.72. The van der Waals surface area contributed by atoms with Crippen LogP contribution in [0.4, 0.5) is 0 Å². The molecule has 0 saturated heterocycles. The van der Waals surface area contributed by atoms with Crippen molar-refractivity contribution < 1.29 is 9.16 Å². The SMILES string of the molecule is CC(C)(C)[Si](C)(C)O[C@H]1CC[C@@H](Oc2c(Br)ccc3cnc(Cl)nc23)CC1. The van der Waals surface area contributed by atoms with E-state index in [-0.39, 0.29) is 16.4 Å². The van der Waals surface area contributed by atoms with Gasteiger partial charge in [-0.05, 0) is 83.5 Å². The molecule has 0 spiro atoms. The fourth-order valence-electron chi connectivity index (χ4n) is 3.17. The zero-order valence-corrected chi connectivity index (χ0v) is 20.0. The largest absolute Gasteiger partial charge is 0.487 e. The van der Waals surface area contributed by atoms with Crippen LogP contribution in [0, 0.1) is 0 Å². The minimum absolute atomic E-state index is 0.167. The molecule has 0 radical (unpaired) electrons. The Bertz CT molecular complexity index is 812. The first-order valence-corrected chi connectivity index (χ1v) is 13.6. The molecule has 1 aliphatic carbocycles. The average molecular weight is 472 g/mol. The first-order chi connectivity index (χ1) is 12.6. The summed E-state index contributed by atoms with van der Waals surface area (Å²) in [5.41, 5.74) is 0.754. The molecule has 1 aromatic heterocycles. The second-order valence-electron chi connectivity index (χ2n) is 8.85. The van der Waals surface area contributed by atoms with Gasteiger partial charge in [0.2, 0.25) is 5.28 Å². The summed E-state index contributed by atoms with van der Waals surface area (Å²) in [6.45, 7) is 11.5. The number of fused-ring (bicyclic) bond motifs is 1. The lowest BCUT2D eigenvalue weighted by Crippen LogP contribution is -2.45. The van der Waals surface area contributed by atoms with Crippen molar-refractivity contribution in [3.63, 3.8) is 0 Å². The number of aromatic nitrogens is 2. The molecule has 3 rings (SSSR count). The van der Waals surface area contributed by atoms with Crippen molar-refractivity contribution in [2.75, 3.05) is 0 Å². The van der Waals surface area contributed by atoms with Crippen molar-refractivity contribution in [1.29, 1.82) is 0 Å². The van der Waals surface area contributed by atoms with Gasteiger partial charge in [-0.25, -0.2) is 9.97 Å². The maximum Gasteiger partial charge on any atom is 0.223 e. The standard InChI is InChI=1S/C20H28BrClN2O2Si/c1-20(2,3)27(4,5)26-15-9-7-14(8-10-15)25-18-16(21)11-6-13-12-23-19(22)24-17(13)18/h6,11-12,14-15H,7-10H2,1-5H3/t14-,15+. The van der Waals surface area contributed by atoms with Gasteiger partial charge >= 0.3 is 0 Å². The molecule has 7 heteroatoms. The normalized spacial score (nSPS) is 21.4. The number of hydrogen-bond donors (Lipinski definition) is 0. The number of rotatable bonds is 4. The molecule has 0 aliphatic heterocycles. The molecule has 0 amide bonds. The summed E-state index contributed by atoms with van der Waals surface area (Å²) in [5.74, 6) is 0.755. The summed E-state index contributed by atoms with van der Waals surface area (Å²) < 4.78 is 13.8. The van der Waals surface area contributed by atoms with Crippen molar-refractivity contribution in [1.82, 2.24) is 9.97 Å². The van der Waals surface area contributed by atoms with Crippen molar-refractivity contribution >= 4 is 46.8 Å². The van der Waals surface area contributed by atoms with Gasteiger partial charge in [-0.3, -0.25) is 0 Å². The molecular formula is C20H28BrClN2O2Si. The fraction of sp³-hybridized carbons (Fsp3) is 0.600. The number of benzene rings is 1. The third-order valence-electron chi connectivity index (χ3n) is 5.80. The van der Waals surface area contributed by atoms with E-state index < -0.39 is 8.32 Å². The fourth-order valence-corrected chi connectivity index (χ4v) is 5.13. The van der Waals surface area contributed by atoms with Crippen LogP contribution in [0.5, 0.6) is 5.75 Å². The summed E-state index contributed by atoms with van der Waals surface area (Å²) >= 11 is 9.59. The highest BCUT2D eigenvalue weighted by Gasteiger charge is 2.40. The lowest BCUT2D eigenvalue weighted by Gasteiger charge is -2.41. The van der Waals surface area contributed by atoms with Gasteiger partial charge in [-0.2, -0.15) is 0 Å². The van der Waals surface area contributed by atoms with Gasteiger partial charge in [-0.15, -0.1) is 0 Å². The van der Waals surface area contributed by atoms with Gasteiger partial charge in [0, 0.05) is 17.7 Å². The lowest BCUT2D eigenvalue weighted by molar-refractivity contribution is 0.0729. The molecule has 0 unspecified atom stereocenters. The van der Waals surface area contributed by atoms with Crippen LogP contribution in [0.25, 0.3) is 10.9 Å². The first kappa shape index (κ1) is 21.0. The first-order valence-electron chi connectivity index (χ1n) is 9.52. The zero-order valence-electron chi connectivity index (χ0n) is 16.7. The van der Waals surface area contributed by atoms with Crippen LogP contribution in [0.3, 0.4) is 0 Å². The van der Waals surface area contributed by atoms with E-state index in [1.807, 2.05) is 12.1 Å². The molecule has 0 bridgehead atoms. The maximum atomic E-state index is 6.59. The van der Waals surface area contributed by atoms with Crippen LogP contribution in [0.15, 0.2) is 22.8 Å². The van der Waals surface area contributed by atoms with Gasteiger partial charge in [0.1, 0.15) is 5.52 Å². The Morgan fingerprint density at radius 2 is 1.74 bits per heavy atom. The van der Waals surface area contributed by atoms with Crippen LogP contribution in [-0.4, -0.2) is 30.5 Å². The molecule has 4 nitrogen and oxygen atoms in total. The van der Waals surface area contributed by atoms with E-state index in [0.29, 0.717) is 6.10 Å². The second-order valence-corrected chi connectivity index (χ2v) is 14.8. The highest BCUT2D eigenvalue weighted by molar-refractivity contribution is 9.10. The number of hydrogen-bond acceptors (Lipinski definition) is 4. The van der Waals surface area contributed by atoms with Crippen molar-refractivity contribution in [3.8, 4) is 5.75 Å². The maximum absolute atomic E-state index is 6.59. The summed E-state index contributed by atoms with van der Waals surface area (Å²) in [6.07, 6.45) is 6.29. The van der Waals surface area contributed by atoms with Crippen LogP contribution in [-0.2, 0) is 4.43 Å². The Labute approximate surface area is 176 Å². The molecule has 1 fully saturated rings. The van der Waals surface area contributed by atoms with Gasteiger partial charge in [0.05, 0.1) is 10.6 Å². The molecule has 1 aromatic carbocycles. The summed E-state index contributed by atoms with van der Waals surface area (Å²) in [6, 6.07) is 3.94. The number of halogens is 2. The number of ether oxygens (including phenoxy) is 1. The van der Waals surface area contributed by atoms with E-state index in [1.54, 1.807) is 6.20 Å². The zero-order chi connectivity index (χ0) is 19.8. The quantitative estimate of drug-likeness (QED) is 0.365. The summed E-state index contributed by atoms with van der Waals surface area (Å²) in [5, 5.41) is 1.40. The van der Waals surface area contributed by atoms with Crippen LogP contribution in [0.2, 0.25) is 23.4 Å². The second kappa shape index (κ2) is 7.97. The number of nitrogens with zero attached hydrogens (tertiary/aromatic N) is 2. The van der Waals surface area contributed by atoms with Crippen molar-refractivity contribution in [2.45, 2.75) is 76.8 Å². The molecule has 148 valence electrons. The third-order valence-corrected chi connectivity index (χ3v) is 11.1. The smallest absolute Gasteiger partial charge is 0.223 e. The molecule has 0 N–H and O–H groups in total. The van der Waals surface area contributed by atoms with Gasteiger partial charge in [-0.1, -0.05) is 20.8 Å². The van der Waals surface area contributed by atoms with E-state index >= 15 is 0 Å². The highest BCUT2D eigenvalue weighted by Crippen LogP contribution is 2.40. The highest BCUT2D eigenvalue weighted by atomic mass is 79.9. The molecule has 27 heavy (non-hydrogen) atoms. The van der Waals surface area contributed by atoms with E-state index in [2.05, 4.69) is 59.8 Å². The Morgan fingerprint density at radius 1 is 1.11 bits per heavy atom. The van der Waals surface area contributed by atoms with Crippen LogP contribution < -0.4 is 4.74 Å². The summed E-state index contributed by atoms with van der Waals surface area (Å²) in [7, 11) is -1.72. The molecule has 2 aromatic rings. The van der Waals surface area contributed by atoms with E-state index in [4.69, 9.17) is 20.8 Å². The van der Waals surface area contributed by atoms with E-state index in [1.165, 1.54) is 0 Å². The monoisotopic (exact) mass is 470 g/mol. The Morgan fingerprint density at radius 3 is 2.37 bits per heavy atom. The van der Waals surface area contributed by atoms with Crippen molar-refractivity contribution in [2.24, 2.45) is 0 Å². The average Bonchev–Trinajstić information content (AvgIpc) is 2.58. The molecular weight excluding hydrogens is 444 g/mol. The predicted octanol–water partition coefficient (Wildman–Crippen LogP) is 6.76. The Balaban J connectivity index is 1.67. The third kappa shape index (κ3) is 4.84. The van der Waals surface area contributed by atoms with Crippen LogP contribution >= 0.6 is 27.5 Å². The van der Waals surface area contributed by atoms with Crippen LogP contribution in [0.1, 0.15) is 46.5 Å². The van der Waals surface area contributed by atoms with E-state index in [0.717, 1.165) is 46.8 Å². The molecule has 1 saturated carbocycles. The molecule has 1 aliphatic rings. The Kier molecular flexibility index (Phi) is 6.21. The topological polar surface area (TPSA) is 44.2 Å². The minimum Gasteiger partial charge on any atom is -0.487 e. The summed E-state index contributed by atoms with van der Waals surface area (Å²) in [4.78, 5) is 8.43. The van der Waals surface area contributed by atoms with Gasteiger partial charge in [0.25, 0.3) is 0 Å².